The molecular formula is C28H50BN3S. The zero-order chi connectivity index (χ0) is 23.0. The van der Waals surface area contributed by atoms with E-state index >= 15 is 0 Å². The van der Waals surface area contributed by atoms with Crippen LogP contribution in [0, 0.1) is 65.1 Å². The molecule has 3 nitrogen and oxygen atoms in total. The first-order chi connectivity index (χ1) is 15.8. The molecule has 6 aliphatic carbocycles. The summed E-state index contributed by atoms with van der Waals surface area (Å²) >= 11 is 5.19. The Labute approximate surface area is 209 Å². The lowest BCUT2D eigenvalue weighted by Gasteiger charge is -2.43. The van der Waals surface area contributed by atoms with E-state index in [9.17, 15) is 0 Å². The minimum atomic E-state index is 0.471. The fourth-order valence-electron chi connectivity index (χ4n) is 9.48. The molecule has 15 unspecified atom stereocenters. The summed E-state index contributed by atoms with van der Waals surface area (Å²) in [6.45, 7) is 2.48. The second kappa shape index (κ2) is 9.00. The third-order valence-electron chi connectivity index (χ3n) is 11.7. The molecule has 0 aromatic rings. The van der Waals surface area contributed by atoms with Gasteiger partial charge in [0, 0.05) is 23.4 Å². The lowest BCUT2D eigenvalue weighted by atomic mass is 9.64. The van der Waals surface area contributed by atoms with Crippen LogP contribution in [0.4, 0.5) is 0 Å². The van der Waals surface area contributed by atoms with E-state index in [-0.39, 0.29) is 0 Å². The minimum Gasteiger partial charge on any atom is -0.327 e. The van der Waals surface area contributed by atoms with Crippen molar-refractivity contribution in [2.24, 2.45) is 82.3 Å². The normalized spacial score (nSPS) is 58.5. The highest BCUT2D eigenvalue weighted by atomic mass is 32.1. The van der Waals surface area contributed by atoms with Crippen LogP contribution in [0.1, 0.15) is 77.6 Å². The Kier molecular flexibility index (Phi) is 6.46. The first-order valence-corrected chi connectivity index (χ1v) is 15.3. The average Bonchev–Trinajstić information content (AvgIpc) is 3.55. The van der Waals surface area contributed by atoms with Gasteiger partial charge in [-0.2, -0.15) is 12.6 Å². The van der Waals surface area contributed by atoms with Crippen molar-refractivity contribution >= 4 is 20.5 Å². The largest absolute Gasteiger partial charge is 0.327 e. The molecule has 6 N–H and O–H groups in total. The Balaban J connectivity index is 1.18. The summed E-state index contributed by atoms with van der Waals surface area (Å²) in [7, 11) is 2.47. The van der Waals surface area contributed by atoms with Crippen molar-refractivity contribution in [2.45, 2.75) is 107 Å². The van der Waals surface area contributed by atoms with Crippen molar-refractivity contribution in [3.63, 3.8) is 0 Å². The number of hydrogen-bond donors (Lipinski definition) is 4. The van der Waals surface area contributed by atoms with Crippen LogP contribution in [0.2, 0.25) is 5.82 Å². The van der Waals surface area contributed by atoms with Gasteiger partial charge in [0.1, 0.15) is 7.85 Å². The fourth-order valence-corrected chi connectivity index (χ4v) is 10.3. The van der Waals surface area contributed by atoms with Crippen molar-refractivity contribution in [2.75, 3.05) is 0 Å². The van der Waals surface area contributed by atoms with Gasteiger partial charge in [0.2, 0.25) is 0 Å². The molecule has 0 aromatic heterocycles. The predicted octanol–water partition coefficient (Wildman–Crippen LogP) is 3.86. The molecule has 6 rings (SSSR count). The van der Waals surface area contributed by atoms with E-state index in [1.54, 1.807) is 0 Å². The van der Waals surface area contributed by atoms with E-state index in [1.807, 2.05) is 0 Å². The molecule has 0 heterocycles. The Hall–Kier alpha value is 0.295. The van der Waals surface area contributed by atoms with Gasteiger partial charge in [0.25, 0.3) is 0 Å². The molecule has 5 heteroatoms. The van der Waals surface area contributed by atoms with Gasteiger partial charge in [0.15, 0.2) is 0 Å². The van der Waals surface area contributed by atoms with Gasteiger partial charge >= 0.3 is 0 Å². The molecule has 186 valence electrons. The van der Waals surface area contributed by atoms with Gasteiger partial charge in [-0.3, -0.25) is 0 Å². The van der Waals surface area contributed by atoms with Gasteiger partial charge < -0.3 is 17.2 Å². The molecular weight excluding hydrogens is 421 g/mol. The molecule has 0 spiro atoms. The maximum Gasteiger partial charge on any atom is 0.105 e. The topological polar surface area (TPSA) is 78.1 Å². The van der Waals surface area contributed by atoms with Crippen LogP contribution in [0.5, 0.6) is 0 Å². The zero-order valence-corrected chi connectivity index (χ0v) is 22.1. The summed E-state index contributed by atoms with van der Waals surface area (Å²) in [6, 6.07) is 1.46. The first kappa shape index (κ1) is 23.7. The number of thiol groups is 1. The number of rotatable bonds is 8. The van der Waals surface area contributed by atoms with Gasteiger partial charge in [-0.1, -0.05) is 19.2 Å². The van der Waals surface area contributed by atoms with Gasteiger partial charge in [-0.05, 0) is 129 Å². The lowest BCUT2D eigenvalue weighted by molar-refractivity contribution is 0.0900. The van der Waals surface area contributed by atoms with Crippen LogP contribution in [0.25, 0.3) is 0 Å². The molecule has 0 aliphatic heterocycles. The van der Waals surface area contributed by atoms with Crippen molar-refractivity contribution in [1.82, 2.24) is 0 Å². The second-order valence-corrected chi connectivity index (χ2v) is 14.9. The molecule has 6 aliphatic rings. The maximum atomic E-state index is 6.54. The van der Waals surface area contributed by atoms with Crippen molar-refractivity contribution in [1.29, 1.82) is 0 Å². The zero-order valence-electron chi connectivity index (χ0n) is 21.2. The average molecular weight is 472 g/mol. The summed E-state index contributed by atoms with van der Waals surface area (Å²) in [5, 5.41) is 0.620. The highest BCUT2D eigenvalue weighted by Gasteiger charge is 2.53. The van der Waals surface area contributed by atoms with Crippen LogP contribution < -0.4 is 17.2 Å². The van der Waals surface area contributed by atoms with Gasteiger partial charge in [-0.15, -0.1) is 0 Å². The highest BCUT2D eigenvalue weighted by Crippen LogP contribution is 2.59. The second-order valence-electron chi connectivity index (χ2n) is 14.3. The molecule has 0 aromatic carbocycles. The summed E-state index contributed by atoms with van der Waals surface area (Å²) in [5.41, 5.74) is 19.3. The molecule has 0 amide bonds. The third kappa shape index (κ3) is 4.96. The van der Waals surface area contributed by atoms with Crippen LogP contribution in [0.3, 0.4) is 0 Å². The SMILES string of the molecule is BC1CC1C1C(S)C[C@@H](C)CC1CC(CC1CC(C2CC2N)CCC1C1CC1N)C1CC1N. The van der Waals surface area contributed by atoms with Crippen LogP contribution >= 0.6 is 12.6 Å². The van der Waals surface area contributed by atoms with E-state index in [2.05, 4.69) is 14.8 Å². The standard InChI is InChI=1S/C28H50BN3S/c1-13-4-17(28(27(33)5-13)22-9-23(22)29)8-16(20-11-25(20)31)7-15-6-14(19-10-24(19)30)2-3-18(15)21-12-26(21)32/h13-28,33H,2-12,29-32H2,1H3/t13-,14?,15?,16?,17?,18?,19?,20?,21?,22?,23?,24?,25?,26?,27?,28?/m0/s1. The predicted molar refractivity (Wildman–Crippen MR) is 144 cm³/mol. The van der Waals surface area contributed by atoms with Gasteiger partial charge in [0.05, 0.1) is 0 Å². The smallest absolute Gasteiger partial charge is 0.105 e. The van der Waals surface area contributed by atoms with E-state index in [0.29, 0.717) is 23.4 Å². The Morgan fingerprint density at radius 1 is 0.758 bits per heavy atom. The molecule has 16 atom stereocenters. The molecule has 6 fully saturated rings. The monoisotopic (exact) mass is 471 g/mol. The van der Waals surface area contributed by atoms with Crippen LogP contribution in [-0.4, -0.2) is 31.2 Å². The Morgan fingerprint density at radius 3 is 1.97 bits per heavy atom. The molecule has 6 saturated carbocycles. The van der Waals surface area contributed by atoms with Crippen molar-refractivity contribution < 1.29 is 0 Å². The molecule has 33 heavy (non-hydrogen) atoms. The summed E-state index contributed by atoms with van der Waals surface area (Å²) in [5.74, 6) is 10.4. The molecule has 0 radical (unpaired) electrons. The Morgan fingerprint density at radius 2 is 1.39 bits per heavy atom. The van der Waals surface area contributed by atoms with Gasteiger partial charge in [-0.25, -0.2) is 0 Å². The first-order valence-electron chi connectivity index (χ1n) is 14.7. The molecule has 0 bridgehead atoms. The Bertz CT molecular complexity index is 721. The fraction of sp³-hybridized carbons (Fsp3) is 1.00. The summed E-state index contributed by atoms with van der Waals surface area (Å²) < 4.78 is 0. The minimum absolute atomic E-state index is 0.471. The van der Waals surface area contributed by atoms with E-state index in [4.69, 9.17) is 29.8 Å². The molecule has 0 saturated heterocycles. The quantitative estimate of drug-likeness (QED) is 0.321. The van der Waals surface area contributed by atoms with Crippen molar-refractivity contribution in [3.8, 4) is 0 Å². The highest BCUT2D eigenvalue weighted by molar-refractivity contribution is 7.81. The number of nitrogens with two attached hydrogens (primary N) is 3. The third-order valence-corrected chi connectivity index (χ3v) is 12.3. The summed E-state index contributed by atoms with van der Waals surface area (Å²) in [4.78, 5) is 0. The van der Waals surface area contributed by atoms with Crippen molar-refractivity contribution in [3.05, 3.63) is 0 Å². The maximum absolute atomic E-state index is 6.54. The van der Waals surface area contributed by atoms with E-state index in [0.717, 1.165) is 70.9 Å². The van der Waals surface area contributed by atoms with Crippen LogP contribution in [0.15, 0.2) is 0 Å². The number of hydrogen-bond acceptors (Lipinski definition) is 4. The summed E-state index contributed by atoms with van der Waals surface area (Å²) in [6.07, 6.45) is 15.2. The van der Waals surface area contributed by atoms with E-state index < -0.39 is 0 Å². The van der Waals surface area contributed by atoms with E-state index in [1.165, 1.54) is 70.6 Å². The van der Waals surface area contributed by atoms with Crippen LogP contribution in [-0.2, 0) is 0 Å². The lowest BCUT2D eigenvalue weighted by Crippen LogP contribution is -2.37.